The molecule has 27 heavy (non-hydrogen) atoms. The van der Waals surface area contributed by atoms with Crippen molar-refractivity contribution in [2.45, 2.75) is 32.1 Å². The number of amides is 1. The van der Waals surface area contributed by atoms with Gasteiger partial charge in [-0.1, -0.05) is 11.6 Å². The summed E-state index contributed by atoms with van der Waals surface area (Å²) in [6.07, 6.45) is 8.40. The van der Waals surface area contributed by atoms with Crippen LogP contribution < -0.4 is 20.1 Å². The minimum atomic E-state index is -0.271. The van der Waals surface area contributed by atoms with Gasteiger partial charge in [0.05, 0.1) is 0 Å². The smallest absolute Gasteiger partial charge is 0.257 e. The largest absolute Gasteiger partial charge is 0.454 e. The van der Waals surface area contributed by atoms with E-state index in [0.717, 1.165) is 13.0 Å². The molecule has 2 aromatic rings. The first-order valence-corrected chi connectivity index (χ1v) is 9.24. The molecule has 0 unspecified atom stereocenters. The van der Waals surface area contributed by atoms with Gasteiger partial charge in [-0.15, -0.1) is 10.2 Å². The van der Waals surface area contributed by atoms with Gasteiger partial charge in [-0.3, -0.25) is 4.79 Å². The molecule has 1 aliphatic carbocycles. The summed E-state index contributed by atoms with van der Waals surface area (Å²) in [6.45, 7) is 1.01. The van der Waals surface area contributed by atoms with Crippen molar-refractivity contribution in [2.24, 2.45) is 0 Å². The Morgan fingerprint density at radius 1 is 1.04 bits per heavy atom. The highest BCUT2D eigenvalue weighted by molar-refractivity contribution is 6.04. The lowest BCUT2D eigenvalue weighted by molar-refractivity contribution is 0.102. The van der Waals surface area contributed by atoms with Gasteiger partial charge in [0, 0.05) is 12.1 Å². The van der Waals surface area contributed by atoms with Crippen LogP contribution in [-0.2, 0) is 0 Å². The van der Waals surface area contributed by atoms with Gasteiger partial charge in [0.25, 0.3) is 5.91 Å². The van der Waals surface area contributed by atoms with Crippen molar-refractivity contribution in [1.82, 2.24) is 10.2 Å². The van der Waals surface area contributed by atoms with E-state index in [-0.39, 0.29) is 12.7 Å². The number of hydrogen-bond acceptors (Lipinski definition) is 6. The van der Waals surface area contributed by atoms with Crippen LogP contribution in [0.3, 0.4) is 0 Å². The summed E-state index contributed by atoms with van der Waals surface area (Å²) in [4.78, 5) is 12.3. The Morgan fingerprint density at radius 2 is 1.89 bits per heavy atom. The zero-order valence-corrected chi connectivity index (χ0v) is 15.0. The Hall–Kier alpha value is -3.09. The first-order chi connectivity index (χ1) is 13.3. The Labute approximate surface area is 157 Å². The molecule has 2 N–H and O–H groups in total. The number of rotatable bonds is 6. The molecule has 140 valence electrons. The molecule has 2 heterocycles. The van der Waals surface area contributed by atoms with E-state index < -0.39 is 0 Å². The third kappa shape index (κ3) is 4.36. The number of aromatic nitrogens is 2. The standard InChI is InChI=1S/C20H22N4O3/c25-20(15-6-7-16-17(12-15)27-13-26-16)22-19-9-8-18(23-24-19)21-11-10-14-4-2-1-3-5-14/h4,6-9,12H,1-3,5,10-11,13H2,(H,21,23)(H,22,24,25). The molecular formula is C20H22N4O3. The topological polar surface area (TPSA) is 85.4 Å². The highest BCUT2D eigenvalue weighted by atomic mass is 16.7. The quantitative estimate of drug-likeness (QED) is 0.757. The predicted octanol–water partition coefficient (Wildman–Crippen LogP) is 3.76. The molecule has 2 aliphatic rings. The number of benzene rings is 1. The maximum absolute atomic E-state index is 12.3. The predicted molar refractivity (Wildman–Crippen MR) is 102 cm³/mol. The molecule has 1 aliphatic heterocycles. The van der Waals surface area contributed by atoms with Gasteiger partial charge in [0.15, 0.2) is 17.3 Å². The normalized spacial score (nSPS) is 15.2. The van der Waals surface area contributed by atoms with E-state index in [4.69, 9.17) is 9.47 Å². The number of anilines is 2. The maximum atomic E-state index is 12.3. The highest BCUT2D eigenvalue weighted by Gasteiger charge is 2.16. The second kappa shape index (κ2) is 8.07. The second-order valence-corrected chi connectivity index (χ2v) is 6.61. The van der Waals surface area contributed by atoms with Crippen LogP contribution in [0.15, 0.2) is 42.0 Å². The maximum Gasteiger partial charge on any atom is 0.257 e. The minimum Gasteiger partial charge on any atom is -0.454 e. The molecule has 7 nitrogen and oxygen atoms in total. The van der Waals surface area contributed by atoms with Crippen molar-refractivity contribution in [2.75, 3.05) is 24.0 Å². The summed E-state index contributed by atoms with van der Waals surface area (Å²) in [5.41, 5.74) is 2.00. The molecule has 4 rings (SSSR count). The first kappa shape index (κ1) is 17.3. The van der Waals surface area contributed by atoms with Crippen molar-refractivity contribution in [1.29, 1.82) is 0 Å². The molecule has 0 radical (unpaired) electrons. The van der Waals surface area contributed by atoms with Gasteiger partial charge in [-0.05, 0) is 62.4 Å². The highest BCUT2D eigenvalue weighted by Crippen LogP contribution is 2.32. The molecule has 1 aromatic heterocycles. The van der Waals surface area contributed by atoms with Gasteiger partial charge in [0.1, 0.15) is 5.82 Å². The van der Waals surface area contributed by atoms with Crippen LogP contribution in [0.1, 0.15) is 42.5 Å². The average Bonchev–Trinajstić information content (AvgIpc) is 3.18. The van der Waals surface area contributed by atoms with Crippen LogP contribution in [0.2, 0.25) is 0 Å². The number of nitrogens with zero attached hydrogens (tertiary/aromatic N) is 2. The summed E-state index contributed by atoms with van der Waals surface area (Å²) in [5, 5.41) is 14.2. The zero-order valence-electron chi connectivity index (χ0n) is 15.0. The Balaban J connectivity index is 1.29. The molecule has 7 heteroatoms. The molecule has 1 amide bonds. The summed E-state index contributed by atoms with van der Waals surface area (Å²) in [5.74, 6) is 2.05. The number of carbonyl (C=O) groups is 1. The fourth-order valence-electron chi connectivity index (χ4n) is 3.20. The molecule has 0 fully saturated rings. The number of hydrogen-bond donors (Lipinski definition) is 2. The Bertz CT molecular complexity index is 849. The summed E-state index contributed by atoms with van der Waals surface area (Å²) in [7, 11) is 0. The van der Waals surface area contributed by atoms with E-state index in [0.29, 0.717) is 28.7 Å². The molecule has 0 bridgehead atoms. The van der Waals surface area contributed by atoms with Crippen molar-refractivity contribution in [3.63, 3.8) is 0 Å². The monoisotopic (exact) mass is 366 g/mol. The summed E-state index contributed by atoms with van der Waals surface area (Å²) >= 11 is 0. The second-order valence-electron chi connectivity index (χ2n) is 6.61. The molecule has 0 spiro atoms. The fourth-order valence-corrected chi connectivity index (χ4v) is 3.20. The zero-order chi connectivity index (χ0) is 18.5. The van der Waals surface area contributed by atoms with Crippen LogP contribution >= 0.6 is 0 Å². The molecule has 0 atom stereocenters. The number of fused-ring (bicyclic) bond motifs is 1. The Kier molecular flexibility index (Phi) is 5.18. The first-order valence-electron chi connectivity index (χ1n) is 9.24. The van der Waals surface area contributed by atoms with Crippen LogP contribution in [0, 0.1) is 0 Å². The van der Waals surface area contributed by atoms with Crippen LogP contribution in [-0.4, -0.2) is 29.4 Å². The molecular weight excluding hydrogens is 344 g/mol. The number of ether oxygens (including phenoxy) is 2. The third-order valence-corrected chi connectivity index (χ3v) is 4.68. The van der Waals surface area contributed by atoms with Crippen LogP contribution in [0.25, 0.3) is 0 Å². The lowest BCUT2D eigenvalue weighted by Crippen LogP contribution is -2.14. The number of nitrogens with one attached hydrogen (secondary N) is 2. The Morgan fingerprint density at radius 3 is 2.70 bits per heavy atom. The average molecular weight is 366 g/mol. The summed E-state index contributed by atoms with van der Waals surface area (Å²) in [6, 6.07) is 8.61. The van der Waals surface area contributed by atoms with Gasteiger partial charge >= 0.3 is 0 Å². The van der Waals surface area contributed by atoms with E-state index in [9.17, 15) is 4.79 Å². The molecule has 1 aromatic carbocycles. The number of allylic oxidation sites excluding steroid dienone is 1. The summed E-state index contributed by atoms with van der Waals surface area (Å²) < 4.78 is 10.5. The minimum absolute atomic E-state index is 0.178. The van der Waals surface area contributed by atoms with E-state index in [1.54, 1.807) is 24.3 Å². The van der Waals surface area contributed by atoms with Crippen LogP contribution in [0.5, 0.6) is 11.5 Å². The van der Waals surface area contributed by atoms with E-state index in [1.165, 1.54) is 31.3 Å². The van der Waals surface area contributed by atoms with Crippen molar-refractivity contribution < 1.29 is 14.3 Å². The fraction of sp³-hybridized carbons (Fsp3) is 0.350. The van der Waals surface area contributed by atoms with Crippen molar-refractivity contribution in [3.05, 3.63) is 47.5 Å². The molecule has 0 saturated heterocycles. The van der Waals surface area contributed by atoms with Crippen molar-refractivity contribution in [3.8, 4) is 11.5 Å². The SMILES string of the molecule is O=C(Nc1ccc(NCCC2=CCCCC2)nn1)c1ccc2c(c1)OCO2. The molecule has 0 saturated carbocycles. The van der Waals surface area contributed by atoms with E-state index in [1.807, 2.05) is 6.07 Å². The van der Waals surface area contributed by atoms with E-state index >= 15 is 0 Å². The lowest BCUT2D eigenvalue weighted by Gasteiger charge is -2.13. The number of carbonyl (C=O) groups excluding carboxylic acids is 1. The third-order valence-electron chi connectivity index (χ3n) is 4.68. The lowest BCUT2D eigenvalue weighted by atomic mass is 9.97. The van der Waals surface area contributed by atoms with Gasteiger partial charge in [-0.25, -0.2) is 0 Å². The van der Waals surface area contributed by atoms with Gasteiger partial charge < -0.3 is 20.1 Å². The van der Waals surface area contributed by atoms with Crippen molar-refractivity contribution >= 4 is 17.5 Å². The van der Waals surface area contributed by atoms with Gasteiger partial charge in [0.2, 0.25) is 6.79 Å². The van der Waals surface area contributed by atoms with Crippen LogP contribution in [0.4, 0.5) is 11.6 Å². The van der Waals surface area contributed by atoms with Gasteiger partial charge in [-0.2, -0.15) is 0 Å². The van der Waals surface area contributed by atoms with E-state index in [2.05, 4.69) is 26.9 Å².